The first-order valence-electron chi connectivity index (χ1n) is 7.81. The molecule has 134 valence electrons. The van der Waals surface area contributed by atoms with E-state index in [0.717, 1.165) is 0 Å². The molecule has 1 aromatic carbocycles. The molecule has 1 heterocycles. The number of nitrogens with zero attached hydrogens (tertiary/aromatic N) is 1. The van der Waals surface area contributed by atoms with Crippen LogP contribution in [0, 0.1) is 5.92 Å². The zero-order valence-electron chi connectivity index (χ0n) is 13.9. The lowest BCUT2D eigenvalue weighted by Gasteiger charge is -2.43. The number of hydrogen-bond donors (Lipinski definition) is 2. The number of primary sulfonamides is 1. The van der Waals surface area contributed by atoms with Crippen molar-refractivity contribution in [2.24, 2.45) is 11.1 Å². The number of nitrogens with two attached hydrogens (primary N) is 1. The van der Waals surface area contributed by atoms with Crippen molar-refractivity contribution in [2.45, 2.75) is 30.3 Å². The third-order valence-electron chi connectivity index (χ3n) is 4.66. The van der Waals surface area contributed by atoms with Crippen molar-refractivity contribution < 1.29 is 23.1 Å². The van der Waals surface area contributed by atoms with Crippen LogP contribution in [0.15, 0.2) is 29.2 Å². The number of carbonyl (C=O) groups excluding carboxylic acids is 1. The van der Waals surface area contributed by atoms with E-state index in [2.05, 4.69) is 0 Å². The van der Waals surface area contributed by atoms with Crippen molar-refractivity contribution >= 4 is 15.9 Å². The van der Waals surface area contributed by atoms with Gasteiger partial charge in [0.15, 0.2) is 0 Å². The minimum absolute atomic E-state index is 0.0880. The molecule has 24 heavy (non-hydrogen) atoms. The maximum atomic E-state index is 12.6. The van der Waals surface area contributed by atoms with Gasteiger partial charge in [-0.3, -0.25) is 4.79 Å². The number of hydrogen-bond acceptors (Lipinski definition) is 5. The second-order valence-corrected chi connectivity index (χ2v) is 7.88. The van der Waals surface area contributed by atoms with Crippen LogP contribution in [0.5, 0.6) is 0 Å². The molecule has 0 bridgehead atoms. The van der Waals surface area contributed by atoms with Gasteiger partial charge in [0.25, 0.3) is 5.91 Å². The van der Waals surface area contributed by atoms with Crippen LogP contribution in [-0.4, -0.2) is 56.7 Å². The van der Waals surface area contributed by atoms with Crippen molar-refractivity contribution in [3.63, 3.8) is 0 Å². The Morgan fingerprint density at radius 1 is 1.50 bits per heavy atom. The number of ether oxygens (including phenoxy) is 1. The van der Waals surface area contributed by atoms with Gasteiger partial charge in [-0.1, -0.05) is 13.0 Å². The molecular weight excluding hydrogens is 332 g/mol. The van der Waals surface area contributed by atoms with E-state index in [1.807, 2.05) is 6.92 Å². The number of piperidine rings is 1. The van der Waals surface area contributed by atoms with Crippen LogP contribution in [-0.2, 0) is 14.8 Å². The number of methoxy groups -OCH3 is 1. The molecule has 1 fully saturated rings. The van der Waals surface area contributed by atoms with Gasteiger partial charge in [0, 0.05) is 38.3 Å². The van der Waals surface area contributed by atoms with E-state index in [4.69, 9.17) is 9.88 Å². The average Bonchev–Trinajstić information content (AvgIpc) is 2.54. The smallest absolute Gasteiger partial charge is 0.253 e. The Morgan fingerprint density at radius 3 is 2.79 bits per heavy atom. The Balaban J connectivity index is 2.13. The van der Waals surface area contributed by atoms with E-state index in [1.165, 1.54) is 18.2 Å². The normalized spacial score (nSPS) is 24.8. The van der Waals surface area contributed by atoms with Crippen molar-refractivity contribution in [2.75, 3.05) is 26.8 Å². The van der Waals surface area contributed by atoms with Crippen molar-refractivity contribution in [1.82, 2.24) is 4.90 Å². The molecule has 1 aliphatic rings. The van der Waals surface area contributed by atoms with Crippen LogP contribution < -0.4 is 5.14 Å². The van der Waals surface area contributed by atoms with Crippen LogP contribution >= 0.6 is 0 Å². The predicted octanol–water partition coefficient (Wildman–Crippen LogP) is 0.584. The minimum Gasteiger partial charge on any atom is -0.389 e. The summed E-state index contributed by atoms with van der Waals surface area (Å²) in [5.74, 6) is -0.368. The molecule has 3 N–H and O–H groups in total. The number of carbonyl (C=O) groups is 1. The van der Waals surface area contributed by atoms with Gasteiger partial charge >= 0.3 is 0 Å². The van der Waals surface area contributed by atoms with Gasteiger partial charge in [-0.2, -0.15) is 0 Å². The van der Waals surface area contributed by atoms with E-state index in [1.54, 1.807) is 18.1 Å². The Morgan fingerprint density at radius 2 is 2.21 bits per heavy atom. The number of benzene rings is 1. The number of likely N-dealkylation sites (tertiary alicyclic amines) is 1. The lowest BCUT2D eigenvalue weighted by molar-refractivity contribution is -0.0750. The lowest BCUT2D eigenvalue weighted by Crippen LogP contribution is -2.52. The topological polar surface area (TPSA) is 110 Å². The Hall–Kier alpha value is -1.48. The highest BCUT2D eigenvalue weighted by atomic mass is 32.2. The molecule has 0 radical (unpaired) electrons. The van der Waals surface area contributed by atoms with Gasteiger partial charge in [-0.15, -0.1) is 0 Å². The fourth-order valence-electron chi connectivity index (χ4n) is 2.99. The molecule has 0 saturated carbocycles. The van der Waals surface area contributed by atoms with Gasteiger partial charge in [0.05, 0.1) is 10.5 Å². The molecule has 7 nitrogen and oxygen atoms in total. The zero-order chi connectivity index (χ0) is 18.0. The highest BCUT2D eigenvalue weighted by Gasteiger charge is 2.39. The van der Waals surface area contributed by atoms with Gasteiger partial charge in [-0.25, -0.2) is 13.6 Å². The standard InChI is InChI=1S/C16H24N2O5S/c1-12-11-18(8-6-16(12,20)7-9-23-2)15(19)13-4-3-5-14(10-13)24(17,21)22/h3-5,10,12,20H,6-9,11H2,1-2H3,(H2,17,21,22)/t12-,16-/m1/s1. The number of aliphatic hydroxyl groups is 1. The highest BCUT2D eigenvalue weighted by Crippen LogP contribution is 2.31. The second-order valence-electron chi connectivity index (χ2n) is 6.32. The molecular formula is C16H24N2O5S. The molecule has 8 heteroatoms. The Kier molecular flexibility index (Phi) is 5.64. The largest absolute Gasteiger partial charge is 0.389 e. The van der Waals surface area contributed by atoms with Gasteiger partial charge in [-0.05, 0) is 31.0 Å². The molecule has 0 spiro atoms. The summed E-state index contributed by atoms with van der Waals surface area (Å²) < 4.78 is 27.9. The molecule has 1 saturated heterocycles. The average molecular weight is 356 g/mol. The minimum atomic E-state index is -3.85. The quantitative estimate of drug-likeness (QED) is 0.802. The lowest BCUT2D eigenvalue weighted by atomic mass is 9.79. The first-order chi connectivity index (χ1) is 11.2. The maximum Gasteiger partial charge on any atom is 0.253 e. The van der Waals surface area contributed by atoms with Crippen molar-refractivity contribution in [3.05, 3.63) is 29.8 Å². The third kappa shape index (κ3) is 4.13. The molecule has 1 aliphatic heterocycles. The third-order valence-corrected chi connectivity index (χ3v) is 5.57. The first-order valence-corrected chi connectivity index (χ1v) is 9.35. The maximum absolute atomic E-state index is 12.6. The van der Waals surface area contributed by atoms with E-state index >= 15 is 0 Å². The second kappa shape index (κ2) is 7.18. The van der Waals surface area contributed by atoms with Crippen LogP contribution in [0.1, 0.15) is 30.1 Å². The SMILES string of the molecule is COCC[C@]1(O)CCN(C(=O)c2cccc(S(N)(=O)=O)c2)C[C@H]1C. The number of sulfonamides is 1. The van der Waals surface area contributed by atoms with Crippen LogP contribution in [0.4, 0.5) is 0 Å². The fourth-order valence-corrected chi connectivity index (χ4v) is 3.55. The summed E-state index contributed by atoms with van der Waals surface area (Å²) in [5, 5.41) is 15.8. The number of rotatable bonds is 5. The van der Waals surface area contributed by atoms with Crippen LogP contribution in [0.2, 0.25) is 0 Å². The summed E-state index contributed by atoms with van der Waals surface area (Å²) in [4.78, 5) is 14.2. The van der Waals surface area contributed by atoms with Gasteiger partial charge in [0.2, 0.25) is 10.0 Å². The predicted molar refractivity (Wildman–Crippen MR) is 88.9 cm³/mol. The van der Waals surface area contributed by atoms with E-state index < -0.39 is 15.6 Å². The zero-order valence-corrected chi connectivity index (χ0v) is 14.8. The van der Waals surface area contributed by atoms with Crippen LogP contribution in [0.3, 0.4) is 0 Å². The van der Waals surface area contributed by atoms with Crippen molar-refractivity contribution in [3.8, 4) is 0 Å². The van der Waals surface area contributed by atoms with Crippen LogP contribution in [0.25, 0.3) is 0 Å². The van der Waals surface area contributed by atoms with E-state index in [-0.39, 0.29) is 22.3 Å². The molecule has 2 rings (SSSR count). The monoisotopic (exact) mass is 356 g/mol. The van der Waals surface area contributed by atoms with E-state index in [9.17, 15) is 18.3 Å². The molecule has 0 aliphatic carbocycles. The van der Waals surface area contributed by atoms with Gasteiger partial charge in [0.1, 0.15) is 0 Å². The van der Waals surface area contributed by atoms with Gasteiger partial charge < -0.3 is 14.7 Å². The summed E-state index contributed by atoms with van der Waals surface area (Å²) in [7, 11) is -2.27. The highest BCUT2D eigenvalue weighted by molar-refractivity contribution is 7.89. The molecule has 2 atom stereocenters. The molecule has 1 amide bonds. The fraction of sp³-hybridized carbons (Fsp3) is 0.562. The number of amides is 1. The summed E-state index contributed by atoms with van der Waals surface area (Å²) in [6.45, 7) is 3.17. The summed E-state index contributed by atoms with van der Waals surface area (Å²) in [6, 6.07) is 5.70. The Bertz CT molecular complexity index is 706. The molecule has 1 aromatic rings. The first kappa shape index (κ1) is 18.9. The Labute approximate surface area is 142 Å². The summed E-state index contributed by atoms with van der Waals surface area (Å²) in [5.41, 5.74) is -0.578. The molecule has 0 unspecified atom stereocenters. The van der Waals surface area contributed by atoms with Crippen molar-refractivity contribution in [1.29, 1.82) is 0 Å². The van der Waals surface area contributed by atoms with E-state index in [0.29, 0.717) is 32.5 Å². The molecule has 0 aromatic heterocycles. The summed E-state index contributed by atoms with van der Waals surface area (Å²) >= 11 is 0. The summed E-state index contributed by atoms with van der Waals surface area (Å²) in [6.07, 6.45) is 0.978.